The Morgan fingerprint density at radius 1 is 1.28 bits per heavy atom. The van der Waals surface area contributed by atoms with Crippen LogP contribution in [0.1, 0.15) is 18.9 Å². The third kappa shape index (κ3) is 3.07. The van der Waals surface area contributed by atoms with E-state index < -0.39 is 10.0 Å². The van der Waals surface area contributed by atoms with Gasteiger partial charge in [0.1, 0.15) is 5.82 Å². The summed E-state index contributed by atoms with van der Waals surface area (Å²) < 4.78 is 40.0. The average Bonchev–Trinajstić information content (AvgIpc) is 3.20. The van der Waals surface area contributed by atoms with E-state index in [0.29, 0.717) is 13.1 Å². The first-order valence-corrected chi connectivity index (χ1v) is 10.0. The Morgan fingerprint density at radius 3 is 2.76 bits per heavy atom. The lowest BCUT2D eigenvalue weighted by Gasteiger charge is -2.30. The lowest BCUT2D eigenvalue weighted by Crippen LogP contribution is -2.38. The first-order valence-electron chi connectivity index (χ1n) is 8.18. The van der Waals surface area contributed by atoms with Gasteiger partial charge in [0.05, 0.1) is 18.5 Å². The molecule has 1 aliphatic rings. The summed E-state index contributed by atoms with van der Waals surface area (Å²) in [7, 11) is -3.12. The van der Waals surface area contributed by atoms with E-state index in [1.54, 1.807) is 12.3 Å². The van der Waals surface area contributed by atoms with Crippen molar-refractivity contribution in [2.75, 3.05) is 19.3 Å². The maximum Gasteiger partial charge on any atom is 0.211 e. The SMILES string of the molecule is CS(=O)(=O)N1CCC(n2cc(-c3c[nH]c4cc(F)ccc34)cn2)CC1. The van der Waals surface area contributed by atoms with E-state index >= 15 is 0 Å². The van der Waals surface area contributed by atoms with E-state index in [1.807, 2.05) is 17.1 Å². The van der Waals surface area contributed by atoms with E-state index in [2.05, 4.69) is 10.1 Å². The number of hydrogen-bond donors (Lipinski definition) is 1. The maximum absolute atomic E-state index is 13.3. The Bertz CT molecular complexity index is 1020. The third-order valence-corrected chi connectivity index (χ3v) is 6.13. The predicted molar refractivity (Wildman–Crippen MR) is 94.2 cm³/mol. The van der Waals surface area contributed by atoms with Crippen LogP contribution >= 0.6 is 0 Å². The zero-order valence-corrected chi connectivity index (χ0v) is 14.6. The molecule has 132 valence electrons. The number of nitrogens with zero attached hydrogens (tertiary/aromatic N) is 3. The van der Waals surface area contributed by atoms with Crippen molar-refractivity contribution in [3.8, 4) is 11.1 Å². The zero-order valence-electron chi connectivity index (χ0n) is 13.8. The highest BCUT2D eigenvalue weighted by molar-refractivity contribution is 7.88. The van der Waals surface area contributed by atoms with Gasteiger partial charge in [-0.3, -0.25) is 4.68 Å². The number of aromatic amines is 1. The van der Waals surface area contributed by atoms with Gasteiger partial charge in [-0.25, -0.2) is 17.1 Å². The molecule has 0 unspecified atom stereocenters. The fourth-order valence-corrected chi connectivity index (χ4v) is 4.33. The van der Waals surface area contributed by atoms with Crippen LogP contribution in [0, 0.1) is 5.82 Å². The maximum atomic E-state index is 13.3. The molecule has 0 spiro atoms. The molecule has 0 saturated carbocycles. The molecule has 0 atom stereocenters. The van der Waals surface area contributed by atoms with Gasteiger partial charge >= 0.3 is 0 Å². The number of H-pyrrole nitrogens is 1. The van der Waals surface area contributed by atoms with Crippen molar-refractivity contribution >= 4 is 20.9 Å². The van der Waals surface area contributed by atoms with Crippen molar-refractivity contribution in [1.82, 2.24) is 19.1 Å². The van der Waals surface area contributed by atoms with Gasteiger partial charge in [-0.15, -0.1) is 0 Å². The second-order valence-corrected chi connectivity index (χ2v) is 8.48. The number of nitrogens with one attached hydrogen (secondary N) is 1. The molecule has 1 saturated heterocycles. The van der Waals surface area contributed by atoms with E-state index in [1.165, 1.54) is 22.7 Å². The fraction of sp³-hybridized carbons (Fsp3) is 0.353. The number of halogens is 1. The van der Waals surface area contributed by atoms with Crippen LogP contribution < -0.4 is 0 Å². The van der Waals surface area contributed by atoms with Crippen LogP contribution in [0.5, 0.6) is 0 Å². The number of rotatable bonds is 3. The molecule has 3 heterocycles. The minimum absolute atomic E-state index is 0.189. The van der Waals surface area contributed by atoms with Gasteiger partial charge in [0.15, 0.2) is 0 Å². The Balaban J connectivity index is 1.56. The van der Waals surface area contributed by atoms with E-state index in [4.69, 9.17) is 0 Å². The number of fused-ring (bicyclic) bond motifs is 1. The fourth-order valence-electron chi connectivity index (χ4n) is 3.45. The number of benzene rings is 1. The van der Waals surface area contributed by atoms with E-state index in [-0.39, 0.29) is 11.9 Å². The van der Waals surface area contributed by atoms with Crippen LogP contribution in [0.3, 0.4) is 0 Å². The summed E-state index contributed by atoms with van der Waals surface area (Å²) in [6.45, 7) is 1.04. The topological polar surface area (TPSA) is 71.0 Å². The average molecular weight is 362 g/mol. The molecule has 1 N–H and O–H groups in total. The first-order chi connectivity index (χ1) is 11.9. The van der Waals surface area contributed by atoms with Crippen LogP contribution in [0.2, 0.25) is 0 Å². The van der Waals surface area contributed by atoms with Crippen LogP contribution in [0.25, 0.3) is 22.0 Å². The Kier molecular flexibility index (Phi) is 3.88. The molecule has 2 aromatic heterocycles. The van der Waals surface area contributed by atoms with Crippen LogP contribution in [-0.2, 0) is 10.0 Å². The Labute approximate surface area is 145 Å². The minimum Gasteiger partial charge on any atom is -0.360 e. The lowest BCUT2D eigenvalue weighted by atomic mass is 10.1. The Hall–Kier alpha value is -2.19. The largest absolute Gasteiger partial charge is 0.360 e. The molecular formula is C17H19FN4O2S. The number of aromatic nitrogens is 3. The number of hydrogen-bond acceptors (Lipinski definition) is 3. The predicted octanol–water partition coefficient (Wildman–Crippen LogP) is 2.77. The zero-order chi connectivity index (χ0) is 17.6. The van der Waals surface area contributed by atoms with Gasteiger partial charge in [-0.1, -0.05) is 0 Å². The van der Waals surface area contributed by atoms with Gasteiger partial charge in [0.25, 0.3) is 0 Å². The lowest BCUT2D eigenvalue weighted by molar-refractivity contribution is 0.262. The molecule has 0 aliphatic carbocycles. The van der Waals surface area contributed by atoms with E-state index in [9.17, 15) is 12.8 Å². The molecule has 4 rings (SSSR count). The highest BCUT2D eigenvalue weighted by Gasteiger charge is 2.26. The van der Waals surface area contributed by atoms with Crippen molar-refractivity contribution in [3.63, 3.8) is 0 Å². The molecule has 25 heavy (non-hydrogen) atoms. The van der Waals surface area contributed by atoms with Gasteiger partial charge in [-0.2, -0.15) is 5.10 Å². The molecule has 1 fully saturated rings. The molecule has 0 amide bonds. The number of sulfonamides is 1. The molecule has 1 aromatic carbocycles. The van der Waals surface area contributed by atoms with Crippen molar-refractivity contribution in [2.45, 2.75) is 18.9 Å². The van der Waals surface area contributed by atoms with Gasteiger partial charge < -0.3 is 4.98 Å². The smallest absolute Gasteiger partial charge is 0.211 e. The molecule has 6 nitrogen and oxygen atoms in total. The van der Waals surface area contributed by atoms with Gasteiger partial charge in [0, 0.05) is 47.5 Å². The van der Waals surface area contributed by atoms with Gasteiger partial charge in [0.2, 0.25) is 10.0 Å². The normalized spacial score (nSPS) is 17.4. The van der Waals surface area contributed by atoms with Crippen molar-refractivity contribution in [1.29, 1.82) is 0 Å². The van der Waals surface area contributed by atoms with Crippen LogP contribution in [-0.4, -0.2) is 46.8 Å². The molecule has 8 heteroatoms. The summed E-state index contributed by atoms with van der Waals surface area (Å²) in [6.07, 6.45) is 8.37. The number of piperidine rings is 1. The van der Waals surface area contributed by atoms with Gasteiger partial charge in [-0.05, 0) is 31.0 Å². The summed E-state index contributed by atoms with van der Waals surface area (Å²) in [6, 6.07) is 4.88. The quantitative estimate of drug-likeness (QED) is 0.779. The molecule has 0 bridgehead atoms. The molecular weight excluding hydrogens is 343 g/mol. The summed E-state index contributed by atoms with van der Waals surface area (Å²) in [4.78, 5) is 3.09. The minimum atomic E-state index is -3.12. The van der Waals surface area contributed by atoms with Crippen LogP contribution in [0.15, 0.2) is 36.8 Å². The second-order valence-electron chi connectivity index (χ2n) is 6.49. The molecule has 1 aliphatic heterocycles. The summed E-state index contributed by atoms with van der Waals surface area (Å²) in [5, 5.41) is 5.42. The highest BCUT2D eigenvalue weighted by Crippen LogP contribution is 2.31. The highest BCUT2D eigenvalue weighted by atomic mass is 32.2. The summed E-state index contributed by atoms with van der Waals surface area (Å²) >= 11 is 0. The summed E-state index contributed by atoms with van der Waals surface area (Å²) in [5.74, 6) is -0.269. The van der Waals surface area contributed by atoms with E-state index in [0.717, 1.165) is 34.9 Å². The molecule has 3 aromatic rings. The monoisotopic (exact) mass is 362 g/mol. The first kappa shape index (κ1) is 16.3. The van der Waals surface area contributed by atoms with Crippen molar-refractivity contribution in [2.24, 2.45) is 0 Å². The second kappa shape index (κ2) is 5.96. The summed E-state index contributed by atoms with van der Waals surface area (Å²) in [5.41, 5.74) is 2.70. The molecule has 0 radical (unpaired) electrons. The Morgan fingerprint density at radius 2 is 2.04 bits per heavy atom. The van der Waals surface area contributed by atoms with Crippen molar-refractivity contribution in [3.05, 3.63) is 42.6 Å². The van der Waals surface area contributed by atoms with Crippen molar-refractivity contribution < 1.29 is 12.8 Å². The standard InChI is InChI=1S/C17H19FN4O2S/c1-25(23,24)21-6-4-14(5-7-21)22-11-12(9-20-22)16-10-19-17-8-13(18)2-3-15(16)17/h2-3,8-11,14,19H,4-7H2,1H3. The third-order valence-electron chi connectivity index (χ3n) is 4.82. The van der Waals surface area contributed by atoms with Crippen LogP contribution in [0.4, 0.5) is 4.39 Å².